The standard InChI is InChI=1S/C52H32O/c1-2-14-34(15-3-1)39-23-12-24-48-42-28-27-37(32-49(42)53-52(39)48)50-43-19-8-10-21-45(43)51(46-22-11-9-20-44(46)50)47-30-29-38(40-17-6-7-18-41(40)47)36-26-25-33-13-4-5-16-35(33)31-36/h1-32H. The molecular weight excluding hydrogens is 641 g/mol. The number of fused-ring (bicyclic) bond motifs is 7. The highest BCUT2D eigenvalue weighted by molar-refractivity contribution is 6.24. The fraction of sp³-hybridized carbons (Fsp3) is 0. The van der Waals surface area contributed by atoms with Crippen LogP contribution in [-0.4, -0.2) is 0 Å². The summed E-state index contributed by atoms with van der Waals surface area (Å²) in [6.07, 6.45) is 0. The molecule has 0 aliphatic carbocycles. The normalized spacial score (nSPS) is 11.8. The second kappa shape index (κ2) is 11.8. The van der Waals surface area contributed by atoms with Crippen LogP contribution in [0, 0.1) is 0 Å². The van der Waals surface area contributed by atoms with E-state index < -0.39 is 0 Å². The van der Waals surface area contributed by atoms with E-state index in [1.54, 1.807) is 0 Å². The third-order valence-corrected chi connectivity index (χ3v) is 11.1. The summed E-state index contributed by atoms with van der Waals surface area (Å²) >= 11 is 0. The molecule has 0 N–H and O–H groups in total. The molecule has 10 aromatic carbocycles. The van der Waals surface area contributed by atoms with Crippen molar-refractivity contribution < 1.29 is 4.42 Å². The molecule has 0 atom stereocenters. The van der Waals surface area contributed by atoms with E-state index in [9.17, 15) is 0 Å². The van der Waals surface area contributed by atoms with Gasteiger partial charge in [-0.15, -0.1) is 0 Å². The zero-order valence-electron chi connectivity index (χ0n) is 28.9. The molecule has 0 spiro atoms. The van der Waals surface area contributed by atoms with Crippen molar-refractivity contribution in [2.24, 2.45) is 0 Å². The molecule has 1 heterocycles. The van der Waals surface area contributed by atoms with Gasteiger partial charge in [-0.2, -0.15) is 0 Å². The molecule has 0 saturated carbocycles. The van der Waals surface area contributed by atoms with E-state index >= 15 is 0 Å². The molecule has 0 aliphatic heterocycles. The largest absolute Gasteiger partial charge is 0.455 e. The van der Waals surface area contributed by atoms with Crippen molar-refractivity contribution >= 4 is 65.0 Å². The maximum Gasteiger partial charge on any atom is 0.143 e. The molecule has 11 aromatic rings. The fourth-order valence-corrected chi connectivity index (χ4v) is 8.65. The Labute approximate surface area is 307 Å². The van der Waals surface area contributed by atoms with Gasteiger partial charge in [-0.05, 0) is 100 Å². The lowest BCUT2D eigenvalue weighted by Crippen LogP contribution is -1.92. The first kappa shape index (κ1) is 29.7. The molecule has 0 fully saturated rings. The molecule has 0 radical (unpaired) electrons. The molecule has 1 aromatic heterocycles. The molecule has 53 heavy (non-hydrogen) atoms. The third-order valence-electron chi connectivity index (χ3n) is 11.1. The first-order chi connectivity index (χ1) is 26.3. The maximum atomic E-state index is 6.74. The van der Waals surface area contributed by atoms with Gasteiger partial charge in [0, 0.05) is 16.3 Å². The summed E-state index contributed by atoms with van der Waals surface area (Å²) in [5, 5.41) is 12.2. The highest BCUT2D eigenvalue weighted by atomic mass is 16.3. The first-order valence-electron chi connectivity index (χ1n) is 18.3. The van der Waals surface area contributed by atoms with Gasteiger partial charge < -0.3 is 4.42 Å². The lowest BCUT2D eigenvalue weighted by Gasteiger charge is -2.19. The number of hydrogen-bond acceptors (Lipinski definition) is 1. The second-order valence-electron chi connectivity index (χ2n) is 14.0. The van der Waals surface area contributed by atoms with Crippen molar-refractivity contribution in [1.29, 1.82) is 0 Å². The lowest BCUT2D eigenvalue weighted by atomic mass is 9.83. The van der Waals surface area contributed by atoms with Crippen LogP contribution in [0.2, 0.25) is 0 Å². The Morgan fingerprint density at radius 1 is 0.264 bits per heavy atom. The van der Waals surface area contributed by atoms with Crippen LogP contribution in [0.4, 0.5) is 0 Å². The predicted octanol–water partition coefficient (Wildman–Crippen LogP) is 14.9. The van der Waals surface area contributed by atoms with E-state index in [-0.39, 0.29) is 0 Å². The second-order valence-corrected chi connectivity index (χ2v) is 14.0. The summed E-state index contributed by atoms with van der Waals surface area (Å²) < 4.78 is 6.74. The van der Waals surface area contributed by atoms with E-state index in [1.807, 2.05) is 0 Å². The van der Waals surface area contributed by atoms with Gasteiger partial charge in [0.2, 0.25) is 0 Å². The van der Waals surface area contributed by atoms with E-state index in [1.165, 1.54) is 70.9 Å². The minimum atomic E-state index is 0.897. The van der Waals surface area contributed by atoms with Crippen molar-refractivity contribution in [1.82, 2.24) is 0 Å². The lowest BCUT2D eigenvalue weighted by molar-refractivity contribution is 0.670. The third kappa shape index (κ3) is 4.64. The molecular formula is C52H32O. The quantitative estimate of drug-likeness (QED) is 0.170. The smallest absolute Gasteiger partial charge is 0.143 e. The van der Waals surface area contributed by atoms with Gasteiger partial charge in [0.05, 0.1) is 0 Å². The molecule has 0 aliphatic rings. The van der Waals surface area contributed by atoms with E-state index in [0.717, 1.165) is 38.6 Å². The predicted molar refractivity (Wildman–Crippen MR) is 225 cm³/mol. The van der Waals surface area contributed by atoms with Gasteiger partial charge in [0.1, 0.15) is 11.2 Å². The molecule has 0 bridgehead atoms. The topological polar surface area (TPSA) is 13.1 Å². The van der Waals surface area contributed by atoms with Gasteiger partial charge in [0.25, 0.3) is 0 Å². The van der Waals surface area contributed by atoms with Crippen LogP contribution in [0.5, 0.6) is 0 Å². The first-order valence-corrected chi connectivity index (χ1v) is 18.3. The highest BCUT2D eigenvalue weighted by Gasteiger charge is 2.20. The van der Waals surface area contributed by atoms with E-state index in [2.05, 4.69) is 194 Å². The van der Waals surface area contributed by atoms with Gasteiger partial charge >= 0.3 is 0 Å². The average Bonchev–Trinajstić information content (AvgIpc) is 3.61. The Kier molecular flexibility index (Phi) is 6.62. The minimum absolute atomic E-state index is 0.897. The van der Waals surface area contributed by atoms with Crippen molar-refractivity contribution in [3.05, 3.63) is 194 Å². The zero-order valence-corrected chi connectivity index (χ0v) is 28.9. The number of para-hydroxylation sites is 1. The molecule has 0 unspecified atom stereocenters. The molecule has 0 saturated heterocycles. The highest BCUT2D eigenvalue weighted by Crippen LogP contribution is 2.47. The molecule has 246 valence electrons. The number of benzene rings is 10. The Balaban J connectivity index is 1.14. The zero-order chi connectivity index (χ0) is 34.9. The minimum Gasteiger partial charge on any atom is -0.455 e. The summed E-state index contributed by atoms with van der Waals surface area (Å²) in [5.74, 6) is 0. The Morgan fingerprint density at radius 2 is 0.830 bits per heavy atom. The maximum absolute atomic E-state index is 6.74. The molecule has 1 nitrogen and oxygen atoms in total. The van der Waals surface area contributed by atoms with Gasteiger partial charge in [-0.3, -0.25) is 0 Å². The SMILES string of the molecule is c1ccc(-c2cccc3c2oc2cc(-c4c5ccccc5c(-c5ccc(-c6ccc7ccccc7c6)c6ccccc56)c5ccccc45)ccc23)cc1. The number of rotatable bonds is 4. The van der Waals surface area contributed by atoms with Crippen molar-refractivity contribution in [2.75, 3.05) is 0 Å². The van der Waals surface area contributed by atoms with Crippen LogP contribution < -0.4 is 0 Å². The van der Waals surface area contributed by atoms with Crippen LogP contribution in [0.15, 0.2) is 199 Å². The average molecular weight is 673 g/mol. The Bertz CT molecular complexity index is 3160. The van der Waals surface area contributed by atoms with Gasteiger partial charge in [-0.1, -0.05) is 176 Å². The molecule has 11 rings (SSSR count). The van der Waals surface area contributed by atoms with Gasteiger partial charge in [0.15, 0.2) is 0 Å². The van der Waals surface area contributed by atoms with Crippen LogP contribution in [-0.2, 0) is 0 Å². The summed E-state index contributed by atoms with van der Waals surface area (Å²) in [4.78, 5) is 0. The molecule has 1 heteroatoms. The van der Waals surface area contributed by atoms with Gasteiger partial charge in [-0.25, -0.2) is 0 Å². The fourth-order valence-electron chi connectivity index (χ4n) is 8.65. The monoisotopic (exact) mass is 672 g/mol. The van der Waals surface area contributed by atoms with E-state index in [4.69, 9.17) is 4.42 Å². The number of furan rings is 1. The van der Waals surface area contributed by atoms with Crippen molar-refractivity contribution in [3.8, 4) is 44.5 Å². The van der Waals surface area contributed by atoms with Crippen molar-refractivity contribution in [3.63, 3.8) is 0 Å². The Hall–Kier alpha value is -6.96. The molecule has 0 amide bonds. The summed E-state index contributed by atoms with van der Waals surface area (Å²) in [5.41, 5.74) is 11.4. The summed E-state index contributed by atoms with van der Waals surface area (Å²) in [7, 11) is 0. The van der Waals surface area contributed by atoms with Crippen molar-refractivity contribution in [2.45, 2.75) is 0 Å². The van der Waals surface area contributed by atoms with Crippen LogP contribution in [0.3, 0.4) is 0 Å². The number of hydrogen-bond donors (Lipinski definition) is 0. The van der Waals surface area contributed by atoms with Crippen LogP contribution >= 0.6 is 0 Å². The summed E-state index contributed by atoms with van der Waals surface area (Å²) in [6.45, 7) is 0. The van der Waals surface area contributed by atoms with E-state index in [0.29, 0.717) is 0 Å². The van der Waals surface area contributed by atoms with Crippen LogP contribution in [0.1, 0.15) is 0 Å². The Morgan fingerprint density at radius 3 is 1.57 bits per heavy atom. The summed E-state index contributed by atoms with van der Waals surface area (Å²) in [6, 6.07) is 70.5. The van der Waals surface area contributed by atoms with Crippen LogP contribution in [0.25, 0.3) is 110 Å².